The Morgan fingerprint density at radius 2 is 2.50 bits per heavy atom. The molecule has 0 atom stereocenters. The van der Waals surface area contributed by atoms with Crippen LogP contribution in [0.4, 0.5) is 0 Å². The molecule has 0 aliphatic carbocycles. The van der Waals surface area contributed by atoms with E-state index in [1.54, 1.807) is 5.94 Å². The summed E-state index contributed by atoms with van der Waals surface area (Å²) in [6.07, 6.45) is 1.14. The van der Waals surface area contributed by atoms with Crippen LogP contribution in [0.25, 0.3) is 0 Å². The Bertz CT molecular complexity index is 184. The van der Waals surface area contributed by atoms with Gasteiger partial charge < -0.3 is 10.2 Å². The Hall–Kier alpha value is -1.12. The van der Waals surface area contributed by atoms with Gasteiger partial charge in [0.25, 0.3) is 0 Å². The van der Waals surface area contributed by atoms with Crippen LogP contribution in [0.2, 0.25) is 0 Å². The molecular weight excluding hydrogens is 132 g/mol. The minimum atomic E-state index is -0.0744. The van der Waals surface area contributed by atoms with E-state index in [0.29, 0.717) is 13.1 Å². The van der Waals surface area contributed by atoms with Gasteiger partial charge in [0.2, 0.25) is 5.91 Å². The van der Waals surface area contributed by atoms with Crippen LogP contribution in [0, 0.1) is 0 Å². The van der Waals surface area contributed by atoms with Gasteiger partial charge in [-0.1, -0.05) is 0 Å². The zero-order valence-electron chi connectivity index (χ0n) is 5.46. The zero-order chi connectivity index (χ0) is 7.40. The minimum Gasteiger partial charge on any atom is -0.307 e. The van der Waals surface area contributed by atoms with Crippen molar-refractivity contribution in [2.24, 2.45) is 0 Å². The van der Waals surface area contributed by atoms with E-state index in [9.17, 15) is 9.59 Å². The molecule has 1 saturated heterocycles. The summed E-state index contributed by atoms with van der Waals surface area (Å²) >= 11 is 0. The van der Waals surface area contributed by atoms with E-state index in [1.165, 1.54) is 4.90 Å². The van der Waals surface area contributed by atoms with Gasteiger partial charge in [-0.3, -0.25) is 4.79 Å². The molecule has 1 rings (SSSR count). The van der Waals surface area contributed by atoms with Crippen LogP contribution in [0.3, 0.4) is 0 Å². The second-order valence-corrected chi connectivity index (χ2v) is 2.01. The van der Waals surface area contributed by atoms with Crippen LogP contribution in [-0.4, -0.2) is 36.4 Å². The highest BCUT2D eigenvalue weighted by atomic mass is 16.2. The van der Waals surface area contributed by atoms with Crippen molar-refractivity contribution in [3.8, 4) is 0 Å². The lowest BCUT2D eigenvalue weighted by molar-refractivity contribution is -0.129. The minimum absolute atomic E-state index is 0.0744. The predicted molar refractivity (Wildman–Crippen MR) is 34.8 cm³/mol. The van der Waals surface area contributed by atoms with Gasteiger partial charge in [0.1, 0.15) is 5.94 Å². The Morgan fingerprint density at radius 1 is 1.70 bits per heavy atom. The van der Waals surface area contributed by atoms with Crippen molar-refractivity contribution in [1.82, 2.24) is 10.2 Å². The summed E-state index contributed by atoms with van der Waals surface area (Å²) in [5.41, 5.74) is 0. The topological polar surface area (TPSA) is 49.4 Å². The molecule has 0 radical (unpaired) electrons. The fraction of sp³-hybridized carbons (Fsp3) is 0.500. The van der Waals surface area contributed by atoms with E-state index in [0.717, 1.165) is 12.7 Å². The smallest absolute Gasteiger partial charge is 0.241 e. The highest BCUT2D eigenvalue weighted by molar-refractivity contribution is 5.81. The second-order valence-electron chi connectivity index (χ2n) is 2.01. The molecule has 1 aliphatic heterocycles. The van der Waals surface area contributed by atoms with Crippen molar-refractivity contribution in [1.29, 1.82) is 0 Å². The van der Waals surface area contributed by atoms with Crippen molar-refractivity contribution in [3.05, 3.63) is 6.20 Å². The molecule has 54 valence electrons. The number of hydrogen-bond acceptors (Lipinski definition) is 3. The molecule has 0 aromatic carbocycles. The maximum absolute atomic E-state index is 10.8. The summed E-state index contributed by atoms with van der Waals surface area (Å²) in [5, 5.41) is 2.88. The van der Waals surface area contributed by atoms with Crippen LogP contribution < -0.4 is 5.32 Å². The Morgan fingerprint density at radius 3 is 3.10 bits per heavy atom. The highest BCUT2D eigenvalue weighted by Gasteiger charge is 2.14. The number of piperazine rings is 1. The molecule has 1 heterocycles. The Labute approximate surface area is 58.5 Å². The van der Waals surface area contributed by atoms with E-state index < -0.39 is 0 Å². The van der Waals surface area contributed by atoms with Crippen LogP contribution in [0.15, 0.2) is 6.20 Å². The lowest BCUT2D eigenvalue weighted by atomic mass is 10.4. The SMILES string of the molecule is O=C=CN1CCNCC1=O. The summed E-state index contributed by atoms with van der Waals surface area (Å²) in [4.78, 5) is 22.0. The van der Waals surface area contributed by atoms with E-state index in [4.69, 9.17) is 0 Å². The van der Waals surface area contributed by atoms with Gasteiger partial charge in [-0.05, 0) is 0 Å². The highest BCUT2D eigenvalue weighted by Crippen LogP contribution is 1.91. The number of carbonyl (C=O) groups is 1. The predicted octanol–water partition coefficient (Wildman–Crippen LogP) is -1.24. The maximum atomic E-state index is 10.8. The van der Waals surface area contributed by atoms with E-state index >= 15 is 0 Å². The molecule has 1 N–H and O–H groups in total. The van der Waals surface area contributed by atoms with Crippen molar-refractivity contribution < 1.29 is 9.59 Å². The average molecular weight is 140 g/mol. The van der Waals surface area contributed by atoms with Crippen molar-refractivity contribution in [2.45, 2.75) is 0 Å². The van der Waals surface area contributed by atoms with Crippen LogP contribution in [0.5, 0.6) is 0 Å². The molecule has 4 nitrogen and oxygen atoms in total. The third-order valence-electron chi connectivity index (χ3n) is 1.33. The number of nitrogens with zero attached hydrogens (tertiary/aromatic N) is 1. The second kappa shape index (κ2) is 3.15. The average Bonchev–Trinajstić information content (AvgIpc) is 1.94. The molecule has 0 unspecified atom stereocenters. The first-order valence-electron chi connectivity index (χ1n) is 3.06. The molecule has 0 aromatic rings. The van der Waals surface area contributed by atoms with Gasteiger partial charge >= 0.3 is 0 Å². The summed E-state index contributed by atoms with van der Waals surface area (Å²) in [5.74, 6) is 1.50. The van der Waals surface area contributed by atoms with E-state index in [2.05, 4.69) is 5.32 Å². The van der Waals surface area contributed by atoms with Crippen molar-refractivity contribution in [2.75, 3.05) is 19.6 Å². The van der Waals surface area contributed by atoms with Crippen LogP contribution in [-0.2, 0) is 9.59 Å². The quantitative estimate of drug-likeness (QED) is 0.464. The standard InChI is InChI=1S/C6H8N2O2/c9-4-3-8-2-1-7-5-6(8)10/h3,7H,1-2,5H2. The number of hydrogen-bond donors (Lipinski definition) is 1. The first-order chi connectivity index (χ1) is 4.84. The summed E-state index contributed by atoms with van der Waals surface area (Å²) < 4.78 is 0. The van der Waals surface area contributed by atoms with Gasteiger partial charge in [-0.25, -0.2) is 4.79 Å². The summed E-state index contributed by atoms with van der Waals surface area (Å²) in [7, 11) is 0. The van der Waals surface area contributed by atoms with Crippen LogP contribution >= 0.6 is 0 Å². The third kappa shape index (κ3) is 1.43. The normalized spacial score (nSPS) is 18.4. The van der Waals surface area contributed by atoms with E-state index in [1.807, 2.05) is 0 Å². The molecule has 0 bridgehead atoms. The summed E-state index contributed by atoms with van der Waals surface area (Å²) in [6.45, 7) is 1.62. The molecule has 1 fully saturated rings. The van der Waals surface area contributed by atoms with Gasteiger partial charge in [0.15, 0.2) is 0 Å². The third-order valence-corrected chi connectivity index (χ3v) is 1.33. The molecule has 1 amide bonds. The lowest BCUT2D eigenvalue weighted by Gasteiger charge is -2.21. The molecule has 1 aliphatic rings. The lowest BCUT2D eigenvalue weighted by Crippen LogP contribution is -2.45. The molecule has 0 aromatic heterocycles. The molecular formula is C6H8N2O2. The molecule has 0 saturated carbocycles. The van der Waals surface area contributed by atoms with Gasteiger partial charge in [0.05, 0.1) is 12.7 Å². The fourth-order valence-electron chi connectivity index (χ4n) is 0.821. The largest absolute Gasteiger partial charge is 0.307 e. The maximum Gasteiger partial charge on any atom is 0.241 e. The Balaban J connectivity index is 2.55. The van der Waals surface area contributed by atoms with Crippen LogP contribution in [0.1, 0.15) is 0 Å². The van der Waals surface area contributed by atoms with Gasteiger partial charge in [0, 0.05) is 13.1 Å². The molecule has 10 heavy (non-hydrogen) atoms. The number of rotatable bonds is 1. The summed E-state index contributed by atoms with van der Waals surface area (Å²) in [6, 6.07) is 0. The Kier molecular flexibility index (Phi) is 2.20. The monoisotopic (exact) mass is 140 g/mol. The van der Waals surface area contributed by atoms with E-state index in [-0.39, 0.29) is 5.91 Å². The number of carbonyl (C=O) groups excluding carboxylic acids is 2. The van der Waals surface area contributed by atoms with Gasteiger partial charge in [-0.15, -0.1) is 0 Å². The van der Waals surface area contributed by atoms with Crippen molar-refractivity contribution >= 4 is 11.8 Å². The first-order valence-corrected chi connectivity index (χ1v) is 3.06. The molecule has 4 heteroatoms. The van der Waals surface area contributed by atoms with Crippen molar-refractivity contribution in [3.63, 3.8) is 0 Å². The number of nitrogens with one attached hydrogen (secondary N) is 1. The molecule has 0 spiro atoms. The fourth-order valence-corrected chi connectivity index (χ4v) is 0.821. The first kappa shape index (κ1) is 6.99. The number of amides is 1. The van der Waals surface area contributed by atoms with Gasteiger partial charge in [-0.2, -0.15) is 0 Å². The zero-order valence-corrected chi connectivity index (χ0v) is 5.46.